The van der Waals surface area contributed by atoms with E-state index in [4.69, 9.17) is 0 Å². The summed E-state index contributed by atoms with van der Waals surface area (Å²) in [5, 5.41) is 11.7. The summed E-state index contributed by atoms with van der Waals surface area (Å²) in [5.41, 5.74) is 0.630. The lowest BCUT2D eigenvalue weighted by molar-refractivity contribution is -0.139. The van der Waals surface area contributed by atoms with Crippen molar-refractivity contribution in [2.75, 3.05) is 0 Å². The van der Waals surface area contributed by atoms with Gasteiger partial charge in [-0.15, -0.1) is 0 Å². The Kier molecular flexibility index (Phi) is 4.70. The minimum Gasteiger partial charge on any atom is -0.479 e. The number of carbonyl (C=O) groups excluding carboxylic acids is 1. The van der Waals surface area contributed by atoms with E-state index in [-0.39, 0.29) is 10.0 Å². The van der Waals surface area contributed by atoms with Gasteiger partial charge in [-0.3, -0.25) is 4.79 Å². The van der Waals surface area contributed by atoms with E-state index in [9.17, 15) is 19.1 Å². The Morgan fingerprint density at radius 3 is 2.38 bits per heavy atom. The molecule has 0 aliphatic rings. The second-order valence-corrected chi connectivity index (χ2v) is 5.14. The van der Waals surface area contributed by atoms with Gasteiger partial charge < -0.3 is 10.4 Å². The fourth-order valence-corrected chi connectivity index (χ4v) is 2.16. The third-order valence-electron chi connectivity index (χ3n) is 2.84. The first kappa shape index (κ1) is 15.2. The number of hydrogen-bond donors (Lipinski definition) is 2. The van der Waals surface area contributed by atoms with Crippen LogP contribution in [0.15, 0.2) is 53.0 Å². The maximum atomic E-state index is 13.1. The topological polar surface area (TPSA) is 66.4 Å². The first-order valence-corrected chi connectivity index (χ1v) is 6.82. The summed E-state index contributed by atoms with van der Waals surface area (Å²) < 4.78 is 13.3. The summed E-state index contributed by atoms with van der Waals surface area (Å²) in [6.45, 7) is 0. The molecule has 0 heterocycles. The average Bonchev–Trinajstić information content (AvgIpc) is 2.48. The van der Waals surface area contributed by atoms with Crippen LogP contribution < -0.4 is 5.32 Å². The zero-order chi connectivity index (χ0) is 15.4. The molecule has 21 heavy (non-hydrogen) atoms. The van der Waals surface area contributed by atoms with Crippen LogP contribution in [0.4, 0.5) is 4.39 Å². The molecular weight excluding hydrogens is 341 g/mol. The van der Waals surface area contributed by atoms with Crippen LogP contribution in [0.25, 0.3) is 0 Å². The van der Waals surface area contributed by atoms with Crippen molar-refractivity contribution in [3.63, 3.8) is 0 Å². The van der Waals surface area contributed by atoms with Crippen molar-refractivity contribution in [3.05, 3.63) is 69.9 Å². The van der Waals surface area contributed by atoms with Gasteiger partial charge in [0.25, 0.3) is 5.91 Å². The monoisotopic (exact) mass is 351 g/mol. The van der Waals surface area contributed by atoms with Gasteiger partial charge >= 0.3 is 5.97 Å². The van der Waals surface area contributed by atoms with Crippen LogP contribution >= 0.6 is 15.9 Å². The van der Waals surface area contributed by atoms with Gasteiger partial charge in [0.1, 0.15) is 5.82 Å². The highest BCUT2D eigenvalue weighted by atomic mass is 79.9. The van der Waals surface area contributed by atoms with E-state index in [2.05, 4.69) is 21.2 Å². The van der Waals surface area contributed by atoms with Crippen LogP contribution in [0.5, 0.6) is 0 Å². The van der Waals surface area contributed by atoms with Gasteiger partial charge in [-0.05, 0) is 39.7 Å². The summed E-state index contributed by atoms with van der Waals surface area (Å²) in [7, 11) is 0. The maximum Gasteiger partial charge on any atom is 0.330 e. The van der Waals surface area contributed by atoms with Crippen LogP contribution in [-0.4, -0.2) is 17.0 Å². The van der Waals surface area contributed by atoms with Gasteiger partial charge in [0.2, 0.25) is 0 Å². The Bertz CT molecular complexity index is 676. The zero-order valence-corrected chi connectivity index (χ0v) is 12.3. The minimum atomic E-state index is -1.17. The molecule has 0 spiro atoms. The van der Waals surface area contributed by atoms with Crippen LogP contribution in [0.3, 0.4) is 0 Å². The number of nitrogens with one attached hydrogen (secondary N) is 1. The molecule has 2 aromatic rings. The van der Waals surface area contributed by atoms with Crippen molar-refractivity contribution < 1.29 is 19.1 Å². The number of carbonyl (C=O) groups is 2. The summed E-state index contributed by atoms with van der Waals surface area (Å²) in [5.74, 6) is -2.26. The van der Waals surface area contributed by atoms with Crippen molar-refractivity contribution in [2.24, 2.45) is 0 Å². The molecule has 0 aliphatic heterocycles. The first-order valence-electron chi connectivity index (χ1n) is 6.02. The first-order chi connectivity index (χ1) is 9.99. The van der Waals surface area contributed by atoms with Crippen molar-refractivity contribution in [1.29, 1.82) is 0 Å². The van der Waals surface area contributed by atoms with E-state index in [1.807, 2.05) is 0 Å². The Morgan fingerprint density at radius 2 is 1.81 bits per heavy atom. The van der Waals surface area contributed by atoms with Gasteiger partial charge in [0.15, 0.2) is 6.04 Å². The van der Waals surface area contributed by atoms with Gasteiger partial charge in [0, 0.05) is 5.56 Å². The second-order valence-electron chi connectivity index (χ2n) is 4.28. The number of amides is 1. The molecule has 1 atom stereocenters. The molecule has 2 N–H and O–H groups in total. The lowest BCUT2D eigenvalue weighted by Gasteiger charge is -2.15. The third-order valence-corrected chi connectivity index (χ3v) is 3.44. The van der Waals surface area contributed by atoms with Crippen molar-refractivity contribution in [2.45, 2.75) is 6.04 Å². The SMILES string of the molecule is O=C(NC(C(=O)O)c1ccccc1)c1ccc(F)c(Br)c1. The van der Waals surface area contributed by atoms with E-state index >= 15 is 0 Å². The Balaban J connectivity index is 2.23. The van der Waals surface area contributed by atoms with E-state index in [0.717, 1.165) is 6.07 Å². The molecule has 4 nitrogen and oxygen atoms in total. The van der Waals surface area contributed by atoms with E-state index in [0.29, 0.717) is 5.56 Å². The maximum absolute atomic E-state index is 13.1. The lowest BCUT2D eigenvalue weighted by atomic mass is 10.1. The number of hydrogen-bond acceptors (Lipinski definition) is 2. The number of aliphatic carboxylic acids is 1. The van der Waals surface area contributed by atoms with Crippen LogP contribution in [0, 0.1) is 5.82 Å². The molecule has 0 aliphatic carbocycles. The third kappa shape index (κ3) is 3.66. The average molecular weight is 352 g/mol. The minimum absolute atomic E-state index is 0.140. The molecule has 0 aromatic heterocycles. The Hall–Kier alpha value is -2.21. The highest BCUT2D eigenvalue weighted by molar-refractivity contribution is 9.10. The molecular formula is C15H11BrFNO3. The Morgan fingerprint density at radius 1 is 1.14 bits per heavy atom. The zero-order valence-electron chi connectivity index (χ0n) is 10.7. The summed E-state index contributed by atoms with van der Waals surface area (Å²) in [4.78, 5) is 23.4. The lowest BCUT2D eigenvalue weighted by Crippen LogP contribution is -2.33. The quantitative estimate of drug-likeness (QED) is 0.889. The number of carboxylic acid groups (broad SMARTS) is 1. The molecule has 0 fully saturated rings. The highest BCUT2D eigenvalue weighted by Crippen LogP contribution is 2.18. The predicted octanol–water partition coefficient (Wildman–Crippen LogP) is 3.14. The van der Waals surface area contributed by atoms with Crippen LogP contribution in [0.1, 0.15) is 22.0 Å². The summed E-state index contributed by atoms with van der Waals surface area (Å²) in [6.07, 6.45) is 0. The van der Waals surface area contributed by atoms with Gasteiger partial charge in [0.05, 0.1) is 4.47 Å². The van der Waals surface area contributed by atoms with Crippen LogP contribution in [-0.2, 0) is 4.79 Å². The second kappa shape index (κ2) is 6.49. The molecule has 0 radical (unpaired) electrons. The molecule has 0 bridgehead atoms. The Labute approximate surface area is 128 Å². The molecule has 0 saturated heterocycles. The van der Waals surface area contributed by atoms with E-state index in [1.54, 1.807) is 30.3 Å². The standard InChI is InChI=1S/C15H11BrFNO3/c16-11-8-10(6-7-12(11)17)14(19)18-13(15(20)21)9-4-2-1-3-5-9/h1-8,13H,(H,18,19)(H,20,21). The molecule has 1 unspecified atom stereocenters. The van der Waals surface area contributed by atoms with E-state index < -0.39 is 23.7 Å². The van der Waals surface area contributed by atoms with Gasteiger partial charge in [-0.25, -0.2) is 9.18 Å². The largest absolute Gasteiger partial charge is 0.479 e. The number of halogens is 2. The fourth-order valence-electron chi connectivity index (χ4n) is 1.78. The fraction of sp³-hybridized carbons (Fsp3) is 0.0667. The van der Waals surface area contributed by atoms with Crippen molar-refractivity contribution in [1.82, 2.24) is 5.32 Å². The molecule has 2 rings (SSSR count). The number of rotatable bonds is 4. The molecule has 6 heteroatoms. The normalized spacial score (nSPS) is 11.7. The van der Waals surface area contributed by atoms with Crippen LogP contribution in [0.2, 0.25) is 0 Å². The molecule has 0 saturated carbocycles. The molecule has 108 valence electrons. The smallest absolute Gasteiger partial charge is 0.330 e. The number of benzene rings is 2. The van der Waals surface area contributed by atoms with Gasteiger partial charge in [-0.2, -0.15) is 0 Å². The summed E-state index contributed by atoms with van der Waals surface area (Å²) >= 11 is 2.98. The predicted molar refractivity (Wildman–Crippen MR) is 78.4 cm³/mol. The summed E-state index contributed by atoms with van der Waals surface area (Å²) in [6, 6.07) is 10.9. The van der Waals surface area contributed by atoms with Gasteiger partial charge in [-0.1, -0.05) is 30.3 Å². The van der Waals surface area contributed by atoms with E-state index in [1.165, 1.54) is 12.1 Å². The number of carboxylic acids is 1. The van der Waals surface area contributed by atoms with Crippen molar-refractivity contribution >= 4 is 27.8 Å². The highest BCUT2D eigenvalue weighted by Gasteiger charge is 2.22. The van der Waals surface area contributed by atoms with Crippen molar-refractivity contribution in [3.8, 4) is 0 Å². The molecule has 2 aromatic carbocycles. The molecule has 1 amide bonds.